The van der Waals surface area contributed by atoms with Gasteiger partial charge in [-0.05, 0) is 65.6 Å². The lowest BCUT2D eigenvalue weighted by atomic mass is 9.98. The lowest BCUT2D eigenvalue weighted by molar-refractivity contribution is -0.143. The largest absolute Gasteiger partial charge is 0.481 e. The molecule has 2 atom stereocenters. The number of fused-ring (bicyclic) bond motifs is 3. The maximum absolute atomic E-state index is 13.1. The number of carbonyl (C=O) groups excluding carboxylic acids is 3. The Morgan fingerprint density at radius 1 is 0.848 bits per heavy atom. The SMILES string of the molecule is O=C(O)CCC(NC(=O)C(CCCCNC(=O)/C=C/c1cccnc1)NC(=O)OCC1c2ccccc2-c2ccccc21)C(=O)O. The third-order valence-electron chi connectivity index (χ3n) is 7.54. The van der Waals surface area contributed by atoms with E-state index in [-0.39, 0.29) is 31.3 Å². The zero-order valence-corrected chi connectivity index (χ0v) is 25.1. The zero-order valence-electron chi connectivity index (χ0n) is 25.1. The Morgan fingerprint density at radius 2 is 1.54 bits per heavy atom. The Kier molecular flexibility index (Phi) is 12.0. The number of ether oxygens (including phenoxy) is 1. The third-order valence-corrected chi connectivity index (χ3v) is 7.54. The third kappa shape index (κ3) is 9.49. The van der Waals surface area contributed by atoms with E-state index in [0.29, 0.717) is 19.4 Å². The van der Waals surface area contributed by atoms with E-state index >= 15 is 0 Å². The Morgan fingerprint density at radius 3 is 2.17 bits per heavy atom. The number of benzene rings is 2. The summed E-state index contributed by atoms with van der Waals surface area (Å²) in [6, 6.07) is 16.6. The molecule has 1 aliphatic rings. The fraction of sp³-hybridized carbons (Fsp3) is 0.294. The molecule has 240 valence electrons. The predicted molar refractivity (Wildman–Crippen MR) is 169 cm³/mol. The van der Waals surface area contributed by atoms with Crippen molar-refractivity contribution in [1.82, 2.24) is 20.9 Å². The standard InChI is InChI=1S/C34H36N4O8/c39-30(16-14-22-8-7-18-35-20-22)36-19-6-5-13-28(32(42)37-29(33(43)44)15-17-31(40)41)38-34(45)46-21-27-25-11-3-1-9-23(25)24-10-2-4-12-26(24)27/h1-4,7-12,14,16,18,20,27-29H,5-6,13,15,17,19,21H2,(H,36,39)(H,37,42)(H,38,45)(H,40,41)(H,43,44)/b16-14+. The first-order valence-electron chi connectivity index (χ1n) is 15.0. The number of hydrogen-bond donors (Lipinski definition) is 5. The highest BCUT2D eigenvalue weighted by Crippen LogP contribution is 2.44. The van der Waals surface area contributed by atoms with Gasteiger partial charge in [-0.3, -0.25) is 19.4 Å². The van der Waals surface area contributed by atoms with Crippen molar-refractivity contribution in [3.63, 3.8) is 0 Å². The second-order valence-electron chi connectivity index (χ2n) is 10.8. The topological polar surface area (TPSA) is 184 Å². The summed E-state index contributed by atoms with van der Waals surface area (Å²) in [7, 11) is 0. The Bertz CT molecular complexity index is 1530. The maximum atomic E-state index is 13.1. The Labute approximate surface area is 265 Å². The number of alkyl carbamates (subject to hydrolysis) is 1. The van der Waals surface area contributed by atoms with Crippen LogP contribution in [0.4, 0.5) is 4.79 Å². The van der Waals surface area contributed by atoms with E-state index in [4.69, 9.17) is 9.84 Å². The molecule has 2 aromatic carbocycles. The van der Waals surface area contributed by atoms with Crippen molar-refractivity contribution in [1.29, 1.82) is 0 Å². The lowest BCUT2D eigenvalue weighted by Crippen LogP contribution is -2.51. The number of pyridine rings is 1. The van der Waals surface area contributed by atoms with Crippen molar-refractivity contribution >= 4 is 35.9 Å². The monoisotopic (exact) mass is 628 g/mol. The number of aromatic nitrogens is 1. The molecule has 0 saturated carbocycles. The second kappa shape index (κ2) is 16.5. The van der Waals surface area contributed by atoms with Gasteiger partial charge in [0.05, 0.1) is 0 Å². The van der Waals surface area contributed by atoms with E-state index < -0.39 is 42.4 Å². The molecule has 12 heteroatoms. The minimum atomic E-state index is -1.46. The normalized spacial score (nSPS) is 13.2. The number of carboxylic acid groups (broad SMARTS) is 2. The number of amides is 3. The highest BCUT2D eigenvalue weighted by Gasteiger charge is 2.31. The van der Waals surface area contributed by atoms with Crippen molar-refractivity contribution < 1.29 is 38.9 Å². The van der Waals surface area contributed by atoms with Crippen LogP contribution < -0.4 is 16.0 Å². The number of nitrogens with one attached hydrogen (secondary N) is 3. The van der Waals surface area contributed by atoms with Crippen LogP contribution >= 0.6 is 0 Å². The molecule has 1 aliphatic carbocycles. The van der Waals surface area contributed by atoms with Gasteiger partial charge >= 0.3 is 18.0 Å². The summed E-state index contributed by atoms with van der Waals surface area (Å²) in [5.74, 6) is -3.89. The van der Waals surface area contributed by atoms with Gasteiger partial charge in [0.2, 0.25) is 11.8 Å². The highest BCUT2D eigenvalue weighted by molar-refractivity contribution is 5.91. The van der Waals surface area contributed by atoms with Gasteiger partial charge in [0.25, 0.3) is 0 Å². The van der Waals surface area contributed by atoms with Crippen molar-refractivity contribution in [2.75, 3.05) is 13.2 Å². The molecule has 0 radical (unpaired) electrons. The molecule has 5 N–H and O–H groups in total. The first kappa shape index (κ1) is 33.4. The summed E-state index contributed by atoms with van der Waals surface area (Å²) in [5, 5.41) is 26.1. The van der Waals surface area contributed by atoms with Crippen LogP contribution in [-0.2, 0) is 23.9 Å². The minimum Gasteiger partial charge on any atom is -0.481 e. The molecule has 0 saturated heterocycles. The molecule has 0 aliphatic heterocycles. The van der Waals surface area contributed by atoms with E-state index in [1.807, 2.05) is 54.6 Å². The molecule has 2 unspecified atom stereocenters. The van der Waals surface area contributed by atoms with E-state index in [1.165, 1.54) is 6.08 Å². The quantitative estimate of drug-likeness (QED) is 0.117. The molecule has 12 nitrogen and oxygen atoms in total. The van der Waals surface area contributed by atoms with Crippen molar-refractivity contribution in [2.45, 2.75) is 50.1 Å². The van der Waals surface area contributed by atoms with Crippen LogP contribution in [0, 0.1) is 0 Å². The molecule has 0 bridgehead atoms. The van der Waals surface area contributed by atoms with Gasteiger partial charge in [0, 0.05) is 37.4 Å². The zero-order chi connectivity index (χ0) is 32.9. The van der Waals surface area contributed by atoms with Gasteiger partial charge in [0.1, 0.15) is 18.7 Å². The molecule has 1 heterocycles. The van der Waals surface area contributed by atoms with Gasteiger partial charge in [-0.1, -0.05) is 54.6 Å². The van der Waals surface area contributed by atoms with Crippen LogP contribution in [0.15, 0.2) is 79.1 Å². The molecule has 3 aromatic rings. The second-order valence-corrected chi connectivity index (χ2v) is 10.8. The number of rotatable bonds is 16. The minimum absolute atomic E-state index is 0.0170. The number of unbranched alkanes of at least 4 members (excludes halogenated alkanes) is 1. The van der Waals surface area contributed by atoms with Crippen LogP contribution in [0.3, 0.4) is 0 Å². The maximum Gasteiger partial charge on any atom is 0.407 e. The van der Waals surface area contributed by atoms with Crippen LogP contribution in [0.2, 0.25) is 0 Å². The van der Waals surface area contributed by atoms with Crippen molar-refractivity contribution in [3.05, 3.63) is 95.8 Å². The molecule has 4 rings (SSSR count). The average molecular weight is 629 g/mol. The summed E-state index contributed by atoms with van der Waals surface area (Å²) in [5.41, 5.74) is 4.93. The van der Waals surface area contributed by atoms with Gasteiger partial charge < -0.3 is 30.9 Å². The molecular weight excluding hydrogens is 592 g/mol. The Hall–Kier alpha value is -5.52. The van der Waals surface area contributed by atoms with Gasteiger partial charge in [-0.25, -0.2) is 9.59 Å². The van der Waals surface area contributed by atoms with E-state index in [9.17, 15) is 29.1 Å². The summed E-state index contributed by atoms with van der Waals surface area (Å²) in [4.78, 5) is 64.9. The van der Waals surface area contributed by atoms with Crippen LogP contribution in [-0.4, -0.2) is 70.3 Å². The molecule has 0 fully saturated rings. The summed E-state index contributed by atoms with van der Waals surface area (Å²) in [6.07, 6.45) is 5.59. The first-order valence-corrected chi connectivity index (χ1v) is 15.0. The average Bonchev–Trinajstić information content (AvgIpc) is 3.37. The van der Waals surface area contributed by atoms with E-state index in [2.05, 4.69) is 20.9 Å². The van der Waals surface area contributed by atoms with Crippen LogP contribution in [0.25, 0.3) is 17.2 Å². The molecule has 46 heavy (non-hydrogen) atoms. The fourth-order valence-electron chi connectivity index (χ4n) is 5.24. The number of nitrogens with zero attached hydrogens (tertiary/aromatic N) is 1. The number of carboxylic acids is 2. The number of hydrogen-bond acceptors (Lipinski definition) is 7. The Balaban J connectivity index is 1.34. The first-order chi connectivity index (χ1) is 22.2. The van der Waals surface area contributed by atoms with Crippen LogP contribution in [0.5, 0.6) is 0 Å². The fourth-order valence-corrected chi connectivity index (χ4v) is 5.24. The van der Waals surface area contributed by atoms with E-state index in [0.717, 1.165) is 27.8 Å². The van der Waals surface area contributed by atoms with Gasteiger partial charge in [-0.2, -0.15) is 0 Å². The summed E-state index contributed by atoms with van der Waals surface area (Å²) >= 11 is 0. The summed E-state index contributed by atoms with van der Waals surface area (Å²) in [6.45, 7) is 0.314. The van der Waals surface area contributed by atoms with E-state index in [1.54, 1.807) is 24.5 Å². The molecular formula is C34H36N4O8. The van der Waals surface area contributed by atoms with Crippen molar-refractivity contribution in [2.24, 2.45) is 0 Å². The predicted octanol–water partition coefficient (Wildman–Crippen LogP) is 3.72. The van der Waals surface area contributed by atoms with Crippen molar-refractivity contribution in [3.8, 4) is 11.1 Å². The highest BCUT2D eigenvalue weighted by atomic mass is 16.5. The van der Waals surface area contributed by atoms with Gasteiger partial charge in [0.15, 0.2) is 0 Å². The smallest absolute Gasteiger partial charge is 0.407 e. The summed E-state index contributed by atoms with van der Waals surface area (Å²) < 4.78 is 5.58. The molecule has 1 aromatic heterocycles. The number of aliphatic carboxylic acids is 2. The molecule has 0 spiro atoms. The molecule has 3 amide bonds. The van der Waals surface area contributed by atoms with Crippen LogP contribution in [0.1, 0.15) is 54.7 Å². The van der Waals surface area contributed by atoms with Gasteiger partial charge in [-0.15, -0.1) is 0 Å². The lowest BCUT2D eigenvalue weighted by Gasteiger charge is -2.22. The number of carbonyl (C=O) groups is 5.